The molecule has 2 N–H and O–H groups in total. The van der Waals surface area contributed by atoms with Crippen LogP contribution in [0, 0.1) is 6.92 Å². The Morgan fingerprint density at radius 3 is 2.76 bits per heavy atom. The number of H-pyrrole nitrogens is 1. The van der Waals surface area contributed by atoms with Gasteiger partial charge in [0.2, 0.25) is 5.91 Å². The lowest BCUT2D eigenvalue weighted by Crippen LogP contribution is -2.40. The standard InChI is InChI=1S/C18H22N4O3/c1-13-9-16(20-19-13)18(25)22-11-15(23)10-21(17(24)12-22)8-7-14-5-3-2-4-6-14/h2-6,9,15,23H,7-8,10-12H2,1H3,(H,19,20). The van der Waals surface area contributed by atoms with Gasteiger partial charge in [-0.15, -0.1) is 0 Å². The highest BCUT2D eigenvalue weighted by Gasteiger charge is 2.30. The maximum atomic E-state index is 12.5. The third-order valence-corrected chi connectivity index (χ3v) is 4.27. The van der Waals surface area contributed by atoms with E-state index in [1.807, 2.05) is 30.3 Å². The lowest BCUT2D eigenvalue weighted by atomic mass is 10.1. The molecule has 0 spiro atoms. The van der Waals surface area contributed by atoms with Gasteiger partial charge in [0.15, 0.2) is 0 Å². The van der Waals surface area contributed by atoms with Crippen LogP contribution in [0.1, 0.15) is 21.7 Å². The Labute approximate surface area is 146 Å². The fourth-order valence-electron chi connectivity index (χ4n) is 2.97. The largest absolute Gasteiger partial charge is 0.389 e. The minimum atomic E-state index is -0.772. The summed E-state index contributed by atoms with van der Waals surface area (Å²) >= 11 is 0. The number of β-amino-alcohol motifs (C(OH)–C–C–N with tert-alkyl or cyclic N) is 1. The van der Waals surface area contributed by atoms with Crippen molar-refractivity contribution in [2.24, 2.45) is 0 Å². The van der Waals surface area contributed by atoms with Crippen LogP contribution in [0.15, 0.2) is 36.4 Å². The van der Waals surface area contributed by atoms with Gasteiger partial charge in [0.25, 0.3) is 5.91 Å². The Balaban J connectivity index is 1.65. The van der Waals surface area contributed by atoms with Crippen LogP contribution in [0.2, 0.25) is 0 Å². The van der Waals surface area contributed by atoms with E-state index in [4.69, 9.17) is 0 Å². The molecule has 25 heavy (non-hydrogen) atoms. The molecule has 132 valence electrons. The molecular formula is C18H22N4O3. The average molecular weight is 342 g/mol. The monoisotopic (exact) mass is 342 g/mol. The maximum Gasteiger partial charge on any atom is 0.274 e. The van der Waals surface area contributed by atoms with Gasteiger partial charge >= 0.3 is 0 Å². The van der Waals surface area contributed by atoms with E-state index in [-0.39, 0.29) is 37.1 Å². The summed E-state index contributed by atoms with van der Waals surface area (Å²) in [7, 11) is 0. The molecule has 0 saturated carbocycles. The van der Waals surface area contributed by atoms with Crippen molar-refractivity contribution in [1.29, 1.82) is 0 Å². The summed E-state index contributed by atoms with van der Waals surface area (Å²) < 4.78 is 0. The number of aromatic nitrogens is 2. The van der Waals surface area contributed by atoms with Gasteiger partial charge in [0, 0.05) is 25.3 Å². The molecule has 7 nitrogen and oxygen atoms in total. The number of amides is 2. The zero-order chi connectivity index (χ0) is 17.8. The highest BCUT2D eigenvalue weighted by molar-refractivity contribution is 5.95. The molecule has 1 atom stereocenters. The van der Waals surface area contributed by atoms with Gasteiger partial charge in [-0.1, -0.05) is 30.3 Å². The van der Waals surface area contributed by atoms with Crippen LogP contribution in [0.3, 0.4) is 0 Å². The van der Waals surface area contributed by atoms with Crippen LogP contribution in [0.5, 0.6) is 0 Å². The van der Waals surface area contributed by atoms with E-state index in [0.29, 0.717) is 13.0 Å². The van der Waals surface area contributed by atoms with Crippen molar-refractivity contribution in [3.63, 3.8) is 0 Å². The van der Waals surface area contributed by atoms with Gasteiger partial charge in [0.1, 0.15) is 12.2 Å². The molecular weight excluding hydrogens is 320 g/mol. The van der Waals surface area contributed by atoms with Crippen molar-refractivity contribution < 1.29 is 14.7 Å². The van der Waals surface area contributed by atoms with Gasteiger partial charge < -0.3 is 14.9 Å². The number of aromatic amines is 1. The summed E-state index contributed by atoms with van der Waals surface area (Å²) in [5.41, 5.74) is 2.17. The van der Waals surface area contributed by atoms with Gasteiger partial charge in [0.05, 0.1) is 6.10 Å². The molecule has 7 heteroatoms. The van der Waals surface area contributed by atoms with Crippen molar-refractivity contribution in [2.75, 3.05) is 26.2 Å². The number of hydrogen-bond donors (Lipinski definition) is 2. The quantitative estimate of drug-likeness (QED) is 0.852. The Morgan fingerprint density at radius 2 is 2.08 bits per heavy atom. The molecule has 2 amide bonds. The molecule has 2 aromatic rings. The Morgan fingerprint density at radius 1 is 1.32 bits per heavy atom. The van der Waals surface area contributed by atoms with Crippen LogP contribution in [-0.2, 0) is 11.2 Å². The zero-order valence-corrected chi connectivity index (χ0v) is 14.2. The van der Waals surface area contributed by atoms with E-state index >= 15 is 0 Å². The number of aliphatic hydroxyl groups is 1. The highest BCUT2D eigenvalue weighted by Crippen LogP contribution is 2.11. The first-order valence-corrected chi connectivity index (χ1v) is 8.34. The highest BCUT2D eigenvalue weighted by atomic mass is 16.3. The smallest absolute Gasteiger partial charge is 0.274 e. The second-order valence-electron chi connectivity index (χ2n) is 6.35. The SMILES string of the molecule is Cc1cc(C(=O)N2CC(=O)N(CCc3ccccc3)CC(O)C2)n[nH]1. The van der Waals surface area contributed by atoms with Gasteiger partial charge in [-0.3, -0.25) is 14.7 Å². The molecule has 1 aromatic carbocycles. The van der Waals surface area contributed by atoms with Crippen molar-refractivity contribution >= 4 is 11.8 Å². The first kappa shape index (κ1) is 17.2. The third-order valence-electron chi connectivity index (χ3n) is 4.27. The van der Waals surface area contributed by atoms with E-state index in [2.05, 4.69) is 10.2 Å². The van der Waals surface area contributed by atoms with Crippen molar-refractivity contribution in [2.45, 2.75) is 19.4 Å². The van der Waals surface area contributed by atoms with E-state index in [0.717, 1.165) is 11.3 Å². The molecule has 1 aliphatic rings. The number of rotatable bonds is 4. The van der Waals surface area contributed by atoms with Gasteiger partial charge in [-0.2, -0.15) is 5.10 Å². The molecule has 0 radical (unpaired) electrons. The first-order chi connectivity index (χ1) is 12.0. The third kappa shape index (κ3) is 4.24. The van der Waals surface area contributed by atoms with Crippen LogP contribution in [-0.4, -0.2) is 69.2 Å². The summed E-state index contributed by atoms with van der Waals surface area (Å²) in [6, 6.07) is 11.5. The van der Waals surface area contributed by atoms with Crippen LogP contribution >= 0.6 is 0 Å². The Hall–Kier alpha value is -2.67. The summed E-state index contributed by atoms with van der Waals surface area (Å²) in [5.74, 6) is -0.505. The summed E-state index contributed by atoms with van der Waals surface area (Å²) in [6.07, 6.45) is -0.0579. The molecule has 1 saturated heterocycles. The zero-order valence-electron chi connectivity index (χ0n) is 14.2. The summed E-state index contributed by atoms with van der Waals surface area (Å²) in [6.45, 7) is 2.63. The second kappa shape index (κ2) is 7.48. The van der Waals surface area contributed by atoms with E-state index in [9.17, 15) is 14.7 Å². The minimum Gasteiger partial charge on any atom is -0.389 e. The van der Waals surface area contributed by atoms with Gasteiger partial charge in [-0.05, 0) is 25.0 Å². The van der Waals surface area contributed by atoms with Crippen molar-refractivity contribution in [3.05, 3.63) is 53.3 Å². The maximum absolute atomic E-state index is 12.5. The molecule has 1 fully saturated rings. The number of nitrogens with one attached hydrogen (secondary N) is 1. The topological polar surface area (TPSA) is 89.5 Å². The van der Waals surface area contributed by atoms with Gasteiger partial charge in [-0.25, -0.2) is 0 Å². The van der Waals surface area contributed by atoms with E-state index in [1.165, 1.54) is 4.90 Å². The van der Waals surface area contributed by atoms with Crippen molar-refractivity contribution in [1.82, 2.24) is 20.0 Å². The Bertz CT molecular complexity index is 744. The van der Waals surface area contributed by atoms with Crippen LogP contribution < -0.4 is 0 Å². The molecule has 1 aliphatic heterocycles. The van der Waals surface area contributed by atoms with Crippen LogP contribution in [0.25, 0.3) is 0 Å². The van der Waals surface area contributed by atoms with Crippen molar-refractivity contribution in [3.8, 4) is 0 Å². The number of aryl methyl sites for hydroxylation is 1. The normalized spacial score (nSPS) is 18.3. The van der Waals surface area contributed by atoms with E-state index < -0.39 is 6.10 Å². The minimum absolute atomic E-state index is 0.0450. The predicted molar refractivity (Wildman–Crippen MR) is 92.0 cm³/mol. The van der Waals surface area contributed by atoms with Crippen LogP contribution in [0.4, 0.5) is 0 Å². The number of carbonyl (C=O) groups is 2. The lowest BCUT2D eigenvalue weighted by molar-refractivity contribution is -0.131. The predicted octanol–water partition coefficient (Wildman–Crippen LogP) is 0.606. The second-order valence-corrected chi connectivity index (χ2v) is 6.35. The molecule has 1 aromatic heterocycles. The van der Waals surface area contributed by atoms with E-state index in [1.54, 1.807) is 17.9 Å². The number of benzene rings is 1. The summed E-state index contributed by atoms with van der Waals surface area (Å²) in [5, 5.41) is 16.9. The number of hydrogen-bond acceptors (Lipinski definition) is 4. The molecule has 0 aliphatic carbocycles. The molecule has 3 rings (SSSR count). The fraction of sp³-hybridized carbons (Fsp3) is 0.389. The molecule has 1 unspecified atom stereocenters. The Kier molecular flexibility index (Phi) is 5.14. The number of nitrogens with zero attached hydrogens (tertiary/aromatic N) is 3. The number of carbonyl (C=O) groups excluding carboxylic acids is 2. The molecule has 0 bridgehead atoms. The number of aliphatic hydroxyl groups excluding tert-OH is 1. The fourth-order valence-corrected chi connectivity index (χ4v) is 2.97. The average Bonchev–Trinajstić information content (AvgIpc) is 2.98. The molecule has 2 heterocycles. The first-order valence-electron chi connectivity index (χ1n) is 8.34. The lowest BCUT2D eigenvalue weighted by Gasteiger charge is -2.21. The summed E-state index contributed by atoms with van der Waals surface area (Å²) in [4.78, 5) is 28.0.